The van der Waals surface area contributed by atoms with E-state index in [2.05, 4.69) is 10.6 Å². The first-order valence-electron chi connectivity index (χ1n) is 11.8. The molecule has 4 aromatic carbocycles. The number of carbonyl (C=O) groups is 2. The van der Waals surface area contributed by atoms with E-state index in [0.29, 0.717) is 11.1 Å². The Morgan fingerprint density at radius 3 is 1.21 bits per heavy atom. The van der Waals surface area contributed by atoms with Gasteiger partial charge in [0.2, 0.25) is 0 Å². The number of carbonyl (C=O) groups excluding carboxylic acids is 2. The first-order chi connectivity index (χ1) is 18.8. The molecule has 4 aromatic rings. The topological polar surface area (TPSA) is 173 Å². The first-order valence-corrected chi connectivity index (χ1v) is 14.6. The van der Waals surface area contributed by atoms with Gasteiger partial charge < -0.3 is 19.7 Å². The SMILES string of the molecule is Cc1ccc(Nc2ccc(Nc3ccc(C)cc3S(=O)(=O)[O-])c3c2C(=O)c2ccccc2C3=O)c(S(=O)(=O)[O-])c1.[K+].[K+]. The number of rotatable bonds is 6. The second-order valence-electron chi connectivity index (χ2n) is 9.27. The van der Waals surface area contributed by atoms with Gasteiger partial charge >= 0.3 is 103 Å². The molecule has 0 saturated carbocycles. The predicted molar refractivity (Wildman–Crippen MR) is 145 cm³/mol. The summed E-state index contributed by atoms with van der Waals surface area (Å²) >= 11 is 0. The molecule has 0 bridgehead atoms. The second-order valence-corrected chi connectivity index (χ2v) is 12.0. The average Bonchev–Trinajstić information content (AvgIpc) is 2.88. The molecule has 0 atom stereocenters. The van der Waals surface area contributed by atoms with Crippen molar-refractivity contribution in [3.05, 3.63) is 106 Å². The number of ketones is 2. The van der Waals surface area contributed by atoms with E-state index in [4.69, 9.17) is 0 Å². The molecule has 0 aromatic heterocycles. The van der Waals surface area contributed by atoms with Crippen molar-refractivity contribution in [3.8, 4) is 0 Å². The Morgan fingerprint density at radius 1 is 0.548 bits per heavy atom. The van der Waals surface area contributed by atoms with Gasteiger partial charge in [-0.2, -0.15) is 0 Å². The Morgan fingerprint density at radius 2 is 0.881 bits per heavy atom. The summed E-state index contributed by atoms with van der Waals surface area (Å²) < 4.78 is 71.7. The minimum absolute atomic E-state index is 0. The van der Waals surface area contributed by atoms with Gasteiger partial charge in [0.25, 0.3) is 0 Å². The van der Waals surface area contributed by atoms with E-state index in [1.165, 1.54) is 48.5 Å². The van der Waals surface area contributed by atoms with Crippen LogP contribution in [0.2, 0.25) is 0 Å². The summed E-state index contributed by atoms with van der Waals surface area (Å²) in [6, 6.07) is 17.2. The molecule has 0 unspecified atom stereocenters. The quantitative estimate of drug-likeness (QED) is 0.160. The molecule has 14 heteroatoms. The van der Waals surface area contributed by atoms with Crippen molar-refractivity contribution in [2.45, 2.75) is 23.6 Å². The van der Waals surface area contributed by atoms with Gasteiger partial charge in [0.1, 0.15) is 20.2 Å². The van der Waals surface area contributed by atoms with Gasteiger partial charge in [-0.05, 0) is 61.4 Å². The predicted octanol–water partition coefficient (Wildman–Crippen LogP) is -1.62. The molecule has 42 heavy (non-hydrogen) atoms. The minimum atomic E-state index is -4.90. The van der Waals surface area contributed by atoms with Crippen molar-refractivity contribution < 1.29 is 138 Å². The van der Waals surface area contributed by atoms with Crippen molar-refractivity contribution >= 4 is 54.6 Å². The molecule has 0 saturated heterocycles. The molecule has 2 N–H and O–H groups in total. The fraction of sp³-hybridized carbons (Fsp3) is 0.0714. The van der Waals surface area contributed by atoms with E-state index in [-0.39, 0.29) is 148 Å². The monoisotopic (exact) mass is 654 g/mol. The van der Waals surface area contributed by atoms with Crippen molar-refractivity contribution in [1.29, 1.82) is 0 Å². The average molecular weight is 655 g/mol. The van der Waals surface area contributed by atoms with Crippen molar-refractivity contribution in [2.75, 3.05) is 10.6 Å². The molecule has 5 rings (SSSR count). The zero-order valence-corrected chi connectivity index (χ0v) is 30.9. The molecular formula is C28H20K2N2O8S2. The van der Waals surface area contributed by atoms with Gasteiger partial charge in [-0.15, -0.1) is 0 Å². The van der Waals surface area contributed by atoms with Crippen molar-refractivity contribution in [2.24, 2.45) is 0 Å². The molecule has 204 valence electrons. The van der Waals surface area contributed by atoms with Gasteiger partial charge in [0.15, 0.2) is 11.6 Å². The maximum atomic E-state index is 13.7. The van der Waals surface area contributed by atoms with E-state index in [0.717, 1.165) is 0 Å². The summed E-state index contributed by atoms with van der Waals surface area (Å²) in [5, 5.41) is 5.65. The zero-order valence-electron chi connectivity index (χ0n) is 23.0. The molecule has 0 aliphatic heterocycles. The Kier molecular flexibility index (Phi) is 11.4. The number of benzene rings is 4. The van der Waals surface area contributed by atoms with E-state index in [1.54, 1.807) is 38.1 Å². The summed E-state index contributed by atoms with van der Waals surface area (Å²) in [7, 11) is -9.81. The molecule has 0 spiro atoms. The third-order valence-corrected chi connectivity index (χ3v) is 8.18. The van der Waals surface area contributed by atoms with E-state index in [1.807, 2.05) is 0 Å². The van der Waals surface area contributed by atoms with Crippen molar-refractivity contribution in [1.82, 2.24) is 0 Å². The summed E-state index contributed by atoms with van der Waals surface area (Å²) in [6.45, 7) is 3.22. The number of hydrogen-bond acceptors (Lipinski definition) is 10. The van der Waals surface area contributed by atoms with Crippen LogP contribution in [0, 0.1) is 13.8 Å². The summed E-state index contributed by atoms with van der Waals surface area (Å²) in [4.78, 5) is 26.4. The fourth-order valence-corrected chi connectivity index (χ4v) is 6.04. The normalized spacial score (nSPS) is 12.4. The standard InChI is InChI=1S/C28H22N2O8S2.2K/c1-15-7-9-19(23(13-15)39(33,34)35)29-21-11-12-22(30-20-10-8-16(2)14-24(20)40(36,37)38)26-25(21)27(31)17-5-3-4-6-18(17)28(26)32;;/h3-14,29-30H,1-2H3,(H,33,34,35)(H,36,37,38);;/q;2*+1/p-2. The van der Waals surface area contributed by atoms with Crippen LogP contribution in [0.15, 0.2) is 82.6 Å². The van der Waals surface area contributed by atoms with Crippen LogP contribution in [0.4, 0.5) is 22.7 Å². The number of aryl methyl sites for hydroxylation is 2. The van der Waals surface area contributed by atoms with Gasteiger partial charge in [-0.1, -0.05) is 36.4 Å². The Bertz CT molecular complexity index is 1840. The van der Waals surface area contributed by atoms with Crippen molar-refractivity contribution in [3.63, 3.8) is 0 Å². The molecule has 0 fully saturated rings. The molecule has 1 aliphatic carbocycles. The largest absolute Gasteiger partial charge is 1.00 e. The third kappa shape index (κ3) is 7.08. The van der Waals surface area contributed by atoms with Crippen LogP contribution >= 0.6 is 0 Å². The number of fused-ring (bicyclic) bond motifs is 2. The molecule has 10 nitrogen and oxygen atoms in total. The molecule has 1 aliphatic rings. The molecule has 0 amide bonds. The van der Waals surface area contributed by atoms with E-state index in [9.17, 15) is 35.5 Å². The van der Waals surface area contributed by atoms with Crippen LogP contribution in [0.5, 0.6) is 0 Å². The zero-order chi connectivity index (χ0) is 29.0. The number of hydrogen-bond donors (Lipinski definition) is 2. The third-order valence-electron chi connectivity index (χ3n) is 6.43. The Balaban J connectivity index is 0.00000242. The Labute approximate surface area is 328 Å². The second kappa shape index (κ2) is 13.5. The van der Waals surface area contributed by atoms with Gasteiger partial charge in [0.05, 0.1) is 43.7 Å². The van der Waals surface area contributed by atoms with Crippen LogP contribution < -0.4 is 113 Å². The maximum absolute atomic E-state index is 13.7. The maximum Gasteiger partial charge on any atom is 1.00 e. The smallest absolute Gasteiger partial charge is 0.744 e. The summed E-state index contributed by atoms with van der Waals surface area (Å²) in [5.41, 5.74) is 0.905. The van der Waals surface area contributed by atoms with Crippen LogP contribution in [-0.2, 0) is 20.2 Å². The summed E-state index contributed by atoms with van der Waals surface area (Å²) in [5.74, 6) is -1.12. The fourth-order valence-electron chi connectivity index (χ4n) is 4.60. The van der Waals surface area contributed by atoms with Gasteiger partial charge in [-0.3, -0.25) is 9.59 Å². The number of nitrogens with one attached hydrogen (secondary N) is 2. The van der Waals surface area contributed by atoms with Crippen LogP contribution in [0.1, 0.15) is 43.0 Å². The molecular weight excluding hydrogens is 635 g/mol. The van der Waals surface area contributed by atoms with E-state index >= 15 is 0 Å². The van der Waals surface area contributed by atoms with Crippen LogP contribution in [0.3, 0.4) is 0 Å². The van der Waals surface area contributed by atoms with E-state index < -0.39 is 41.6 Å². The van der Waals surface area contributed by atoms with Crippen LogP contribution in [0.25, 0.3) is 0 Å². The summed E-state index contributed by atoms with van der Waals surface area (Å²) in [6.07, 6.45) is 0. The first kappa shape index (κ1) is 35.4. The minimum Gasteiger partial charge on any atom is -0.744 e. The molecule has 0 radical (unpaired) electrons. The van der Waals surface area contributed by atoms with Gasteiger partial charge in [0, 0.05) is 11.1 Å². The van der Waals surface area contributed by atoms with Gasteiger partial charge in [-0.25, -0.2) is 16.8 Å². The Hall–Kier alpha value is -1.09. The van der Waals surface area contributed by atoms with Crippen LogP contribution in [-0.4, -0.2) is 37.5 Å². The number of anilines is 4. The molecule has 0 heterocycles.